The maximum atomic E-state index is 11.7. The molecule has 0 aliphatic heterocycles. The van der Waals surface area contributed by atoms with Crippen LogP contribution >= 0.6 is 0 Å². The average Bonchev–Trinajstić information content (AvgIpc) is 2.27. The van der Waals surface area contributed by atoms with Crippen molar-refractivity contribution < 1.29 is 4.79 Å². The minimum atomic E-state index is -0.408. The first-order valence-electron chi connectivity index (χ1n) is 5.47. The van der Waals surface area contributed by atoms with E-state index in [4.69, 9.17) is 5.73 Å². The van der Waals surface area contributed by atoms with Gasteiger partial charge in [0.2, 0.25) is 5.91 Å². The molecule has 0 saturated carbocycles. The van der Waals surface area contributed by atoms with Crippen molar-refractivity contribution in [2.24, 2.45) is 5.73 Å². The Labute approximate surface area is 96.5 Å². The van der Waals surface area contributed by atoms with Gasteiger partial charge in [0.1, 0.15) is 0 Å². The number of carbonyl (C=O) groups is 1. The summed E-state index contributed by atoms with van der Waals surface area (Å²) >= 11 is 0. The quantitative estimate of drug-likeness (QED) is 0.827. The van der Waals surface area contributed by atoms with Gasteiger partial charge in [-0.05, 0) is 25.5 Å². The van der Waals surface area contributed by atoms with Crippen LogP contribution in [0.4, 0.5) is 0 Å². The number of pyridine rings is 1. The van der Waals surface area contributed by atoms with Crippen LogP contribution in [-0.2, 0) is 11.3 Å². The summed E-state index contributed by atoms with van der Waals surface area (Å²) in [5.74, 6) is -0.0363. The van der Waals surface area contributed by atoms with Crippen molar-refractivity contribution in [1.82, 2.24) is 9.88 Å². The van der Waals surface area contributed by atoms with E-state index in [1.807, 2.05) is 32.0 Å². The highest BCUT2D eigenvalue weighted by Crippen LogP contribution is 2.03. The summed E-state index contributed by atoms with van der Waals surface area (Å²) in [5.41, 5.74) is 7.53. The Hall–Kier alpha value is -1.42. The fourth-order valence-electron chi connectivity index (χ4n) is 1.47. The molecule has 1 atom stereocenters. The number of hydrogen-bond acceptors (Lipinski definition) is 3. The first kappa shape index (κ1) is 12.6. The third-order valence-corrected chi connectivity index (χ3v) is 2.48. The average molecular weight is 221 g/mol. The number of aryl methyl sites for hydroxylation is 1. The molecule has 1 heterocycles. The van der Waals surface area contributed by atoms with Crippen LogP contribution in [0.1, 0.15) is 24.7 Å². The molecule has 0 aromatic carbocycles. The van der Waals surface area contributed by atoms with Gasteiger partial charge in [0.25, 0.3) is 0 Å². The molecule has 1 unspecified atom stereocenters. The predicted molar refractivity (Wildman–Crippen MR) is 63.7 cm³/mol. The Kier molecular flexibility index (Phi) is 4.43. The number of nitrogens with two attached hydrogens (primary N) is 1. The highest BCUT2D eigenvalue weighted by atomic mass is 16.2. The first-order valence-corrected chi connectivity index (χ1v) is 5.47. The van der Waals surface area contributed by atoms with Crippen LogP contribution in [0, 0.1) is 6.92 Å². The van der Waals surface area contributed by atoms with E-state index in [-0.39, 0.29) is 5.91 Å². The fourth-order valence-corrected chi connectivity index (χ4v) is 1.47. The minimum absolute atomic E-state index is 0.0363. The fraction of sp³-hybridized carbons (Fsp3) is 0.500. The maximum Gasteiger partial charge on any atom is 0.239 e. The van der Waals surface area contributed by atoms with Gasteiger partial charge in [-0.3, -0.25) is 9.78 Å². The van der Waals surface area contributed by atoms with Crippen molar-refractivity contribution in [3.63, 3.8) is 0 Å². The van der Waals surface area contributed by atoms with Crippen LogP contribution < -0.4 is 5.73 Å². The van der Waals surface area contributed by atoms with Gasteiger partial charge in [-0.15, -0.1) is 0 Å². The summed E-state index contributed by atoms with van der Waals surface area (Å²) in [6, 6.07) is 5.38. The van der Waals surface area contributed by atoms with Crippen LogP contribution in [0.15, 0.2) is 18.2 Å². The van der Waals surface area contributed by atoms with E-state index in [9.17, 15) is 4.79 Å². The third kappa shape index (κ3) is 3.31. The normalized spacial score (nSPS) is 12.2. The molecule has 88 valence electrons. The van der Waals surface area contributed by atoms with Gasteiger partial charge in [-0.1, -0.05) is 13.0 Å². The van der Waals surface area contributed by atoms with Crippen LogP contribution in [0.5, 0.6) is 0 Å². The highest BCUT2D eigenvalue weighted by Gasteiger charge is 2.16. The Balaban J connectivity index is 2.64. The zero-order chi connectivity index (χ0) is 12.1. The van der Waals surface area contributed by atoms with Gasteiger partial charge in [-0.2, -0.15) is 0 Å². The third-order valence-electron chi connectivity index (χ3n) is 2.48. The van der Waals surface area contributed by atoms with Crippen molar-refractivity contribution in [2.75, 3.05) is 7.05 Å². The molecule has 0 spiro atoms. The number of amides is 1. The second-order valence-electron chi connectivity index (χ2n) is 3.98. The second-order valence-corrected chi connectivity index (χ2v) is 3.98. The van der Waals surface area contributed by atoms with Crippen molar-refractivity contribution in [2.45, 2.75) is 32.9 Å². The van der Waals surface area contributed by atoms with Gasteiger partial charge in [0.15, 0.2) is 0 Å². The van der Waals surface area contributed by atoms with Crippen molar-refractivity contribution in [3.8, 4) is 0 Å². The molecule has 0 aliphatic rings. The number of carbonyl (C=O) groups excluding carboxylic acids is 1. The first-order chi connectivity index (χ1) is 7.54. The molecule has 0 bridgehead atoms. The molecule has 1 aromatic heterocycles. The molecule has 16 heavy (non-hydrogen) atoms. The Bertz CT molecular complexity index is 365. The van der Waals surface area contributed by atoms with Crippen LogP contribution in [0.25, 0.3) is 0 Å². The van der Waals surface area contributed by atoms with E-state index in [0.717, 1.165) is 11.4 Å². The molecule has 0 aliphatic carbocycles. The van der Waals surface area contributed by atoms with E-state index in [0.29, 0.717) is 13.0 Å². The van der Waals surface area contributed by atoms with Crippen LogP contribution in [0.2, 0.25) is 0 Å². The van der Waals surface area contributed by atoms with E-state index in [1.54, 1.807) is 11.9 Å². The van der Waals surface area contributed by atoms with Gasteiger partial charge in [-0.25, -0.2) is 0 Å². The van der Waals surface area contributed by atoms with E-state index in [2.05, 4.69) is 4.98 Å². The highest BCUT2D eigenvalue weighted by molar-refractivity contribution is 5.81. The molecular weight excluding hydrogens is 202 g/mol. The molecule has 0 saturated heterocycles. The van der Waals surface area contributed by atoms with Crippen molar-refractivity contribution in [3.05, 3.63) is 29.6 Å². The summed E-state index contributed by atoms with van der Waals surface area (Å²) in [6.45, 7) is 4.35. The number of hydrogen-bond donors (Lipinski definition) is 1. The number of aromatic nitrogens is 1. The monoisotopic (exact) mass is 221 g/mol. The molecule has 1 rings (SSSR count). The molecule has 1 amide bonds. The summed E-state index contributed by atoms with van der Waals surface area (Å²) in [4.78, 5) is 17.7. The predicted octanol–water partition coefficient (Wildman–Crippen LogP) is 1.09. The zero-order valence-electron chi connectivity index (χ0n) is 10.1. The van der Waals surface area contributed by atoms with Crippen LogP contribution in [0.3, 0.4) is 0 Å². The summed E-state index contributed by atoms with van der Waals surface area (Å²) in [6.07, 6.45) is 0.657. The van der Waals surface area contributed by atoms with E-state index >= 15 is 0 Å². The van der Waals surface area contributed by atoms with Gasteiger partial charge >= 0.3 is 0 Å². The lowest BCUT2D eigenvalue weighted by Crippen LogP contribution is -2.41. The van der Waals surface area contributed by atoms with E-state index in [1.165, 1.54) is 0 Å². The van der Waals surface area contributed by atoms with Gasteiger partial charge in [0, 0.05) is 12.7 Å². The second kappa shape index (κ2) is 5.61. The molecule has 0 radical (unpaired) electrons. The Morgan fingerprint density at radius 2 is 2.25 bits per heavy atom. The lowest BCUT2D eigenvalue weighted by atomic mass is 10.2. The molecular formula is C12H19N3O. The number of nitrogens with zero attached hydrogens (tertiary/aromatic N) is 2. The van der Waals surface area contributed by atoms with Gasteiger partial charge in [0.05, 0.1) is 18.3 Å². The maximum absolute atomic E-state index is 11.7. The molecule has 4 heteroatoms. The summed E-state index contributed by atoms with van der Waals surface area (Å²) < 4.78 is 0. The van der Waals surface area contributed by atoms with Gasteiger partial charge < -0.3 is 10.6 Å². The van der Waals surface area contributed by atoms with Crippen molar-refractivity contribution >= 4 is 5.91 Å². The summed E-state index contributed by atoms with van der Waals surface area (Å²) in [5, 5.41) is 0. The lowest BCUT2D eigenvalue weighted by Gasteiger charge is -2.20. The lowest BCUT2D eigenvalue weighted by molar-refractivity contribution is -0.131. The Morgan fingerprint density at radius 1 is 1.56 bits per heavy atom. The molecule has 2 N–H and O–H groups in total. The topological polar surface area (TPSA) is 59.2 Å². The Morgan fingerprint density at radius 3 is 2.81 bits per heavy atom. The van der Waals surface area contributed by atoms with Crippen molar-refractivity contribution in [1.29, 1.82) is 0 Å². The number of rotatable bonds is 4. The van der Waals surface area contributed by atoms with E-state index < -0.39 is 6.04 Å². The largest absolute Gasteiger partial charge is 0.339 e. The summed E-state index contributed by atoms with van der Waals surface area (Å²) in [7, 11) is 1.75. The van der Waals surface area contributed by atoms with Crippen LogP contribution in [-0.4, -0.2) is 28.9 Å². The zero-order valence-corrected chi connectivity index (χ0v) is 10.1. The standard InChI is InChI=1S/C12H19N3O/c1-4-11(13)12(16)15(3)8-10-7-5-6-9(2)14-10/h5-7,11H,4,8,13H2,1-3H3. The molecule has 1 aromatic rings. The molecule has 0 fully saturated rings. The molecule has 4 nitrogen and oxygen atoms in total. The number of likely N-dealkylation sites (N-methyl/N-ethyl adjacent to an activating group) is 1. The smallest absolute Gasteiger partial charge is 0.239 e. The SMILES string of the molecule is CCC(N)C(=O)N(C)Cc1cccc(C)n1. The minimum Gasteiger partial charge on any atom is -0.339 e.